The number of carboxylic acid groups (broad SMARTS) is 1. The van der Waals surface area contributed by atoms with E-state index in [9.17, 15) is 23.1 Å². The molecular weight excluding hydrogens is 288 g/mol. The summed E-state index contributed by atoms with van der Waals surface area (Å²) in [6, 6.07) is -1.78. The van der Waals surface area contributed by atoms with Gasteiger partial charge in [-0.05, 0) is 19.3 Å². The van der Waals surface area contributed by atoms with Crippen LogP contribution in [0.3, 0.4) is 0 Å². The molecule has 0 saturated carbocycles. The van der Waals surface area contributed by atoms with Crippen LogP contribution in [-0.2, 0) is 14.6 Å². The van der Waals surface area contributed by atoms with Gasteiger partial charge >= 0.3 is 12.0 Å². The minimum Gasteiger partial charge on any atom is -0.480 e. The molecule has 0 spiro atoms. The summed E-state index contributed by atoms with van der Waals surface area (Å²) in [5.41, 5.74) is 0. The van der Waals surface area contributed by atoms with Crippen molar-refractivity contribution in [3.63, 3.8) is 0 Å². The van der Waals surface area contributed by atoms with Crippen LogP contribution in [-0.4, -0.2) is 72.8 Å². The second-order valence-corrected chi connectivity index (χ2v) is 7.24. The highest BCUT2D eigenvalue weighted by molar-refractivity contribution is 7.90. The van der Waals surface area contributed by atoms with Crippen LogP contribution in [0.2, 0.25) is 0 Å². The fourth-order valence-electron chi connectivity index (χ4n) is 1.90. The van der Waals surface area contributed by atoms with Gasteiger partial charge in [0.1, 0.15) is 15.9 Å². The Morgan fingerprint density at radius 3 is 2.35 bits per heavy atom. The Morgan fingerprint density at radius 1 is 1.35 bits per heavy atom. The molecule has 0 aromatic carbocycles. The van der Waals surface area contributed by atoms with Crippen molar-refractivity contribution in [2.24, 2.45) is 0 Å². The molecule has 0 aromatic rings. The lowest BCUT2D eigenvalue weighted by atomic mass is 10.1. The van der Waals surface area contributed by atoms with Crippen LogP contribution < -0.4 is 5.32 Å². The third kappa shape index (κ3) is 5.74. The maximum atomic E-state index is 11.9. The molecule has 116 valence electrons. The van der Waals surface area contributed by atoms with Gasteiger partial charge in [0.05, 0.1) is 11.9 Å². The molecule has 1 aliphatic rings. The molecule has 8 nitrogen and oxygen atoms in total. The van der Waals surface area contributed by atoms with E-state index in [1.54, 1.807) is 0 Å². The topological polar surface area (TPSA) is 124 Å². The first kappa shape index (κ1) is 16.7. The number of rotatable bonds is 5. The molecule has 1 unspecified atom stereocenters. The van der Waals surface area contributed by atoms with Gasteiger partial charge in [-0.1, -0.05) is 0 Å². The van der Waals surface area contributed by atoms with E-state index in [0.717, 1.165) is 6.26 Å². The molecule has 0 bridgehead atoms. The number of carbonyl (C=O) groups is 2. The van der Waals surface area contributed by atoms with Crippen molar-refractivity contribution in [1.29, 1.82) is 0 Å². The zero-order valence-corrected chi connectivity index (χ0v) is 12.1. The summed E-state index contributed by atoms with van der Waals surface area (Å²) in [5.74, 6) is -1.57. The third-order valence-electron chi connectivity index (χ3n) is 3.12. The van der Waals surface area contributed by atoms with E-state index >= 15 is 0 Å². The van der Waals surface area contributed by atoms with E-state index < -0.39 is 34.0 Å². The largest absolute Gasteiger partial charge is 0.480 e. The van der Waals surface area contributed by atoms with E-state index in [1.165, 1.54) is 4.90 Å². The number of sulfone groups is 1. The molecule has 1 rings (SSSR count). The van der Waals surface area contributed by atoms with E-state index in [0.29, 0.717) is 25.9 Å². The Bertz CT molecular complexity index is 456. The lowest BCUT2D eigenvalue weighted by Crippen LogP contribution is -2.51. The van der Waals surface area contributed by atoms with Gasteiger partial charge in [-0.3, -0.25) is 0 Å². The number of aliphatic carboxylic acids is 1. The van der Waals surface area contributed by atoms with Gasteiger partial charge in [-0.25, -0.2) is 18.0 Å². The molecule has 1 atom stereocenters. The van der Waals surface area contributed by atoms with Crippen molar-refractivity contribution in [2.75, 3.05) is 25.1 Å². The number of urea groups is 1. The van der Waals surface area contributed by atoms with E-state index in [-0.39, 0.29) is 12.2 Å². The highest BCUT2D eigenvalue weighted by atomic mass is 32.2. The van der Waals surface area contributed by atoms with Crippen molar-refractivity contribution in [3.8, 4) is 0 Å². The highest BCUT2D eigenvalue weighted by Gasteiger charge is 2.26. The maximum absolute atomic E-state index is 11.9. The van der Waals surface area contributed by atoms with Crippen LogP contribution in [0.4, 0.5) is 4.79 Å². The van der Waals surface area contributed by atoms with Gasteiger partial charge in [0.25, 0.3) is 0 Å². The van der Waals surface area contributed by atoms with Crippen molar-refractivity contribution in [2.45, 2.75) is 31.4 Å². The molecule has 0 radical (unpaired) electrons. The lowest BCUT2D eigenvalue weighted by molar-refractivity contribution is -0.139. The number of hydrogen-bond acceptors (Lipinski definition) is 5. The molecule has 0 aromatic heterocycles. The van der Waals surface area contributed by atoms with Gasteiger partial charge in [0, 0.05) is 19.3 Å². The smallest absolute Gasteiger partial charge is 0.326 e. The van der Waals surface area contributed by atoms with Gasteiger partial charge in [-0.2, -0.15) is 0 Å². The Labute approximate surface area is 117 Å². The summed E-state index contributed by atoms with van der Waals surface area (Å²) in [4.78, 5) is 24.3. The SMILES string of the molecule is CS(=O)(=O)CCC(NC(=O)N1CCC(O)CC1)C(=O)O. The van der Waals surface area contributed by atoms with Crippen LogP contribution in [0.25, 0.3) is 0 Å². The fourth-order valence-corrected chi connectivity index (χ4v) is 2.56. The average Bonchev–Trinajstić information content (AvgIpc) is 2.33. The standard InChI is InChI=1S/C11H20N2O6S/c1-20(18,19)7-4-9(10(15)16)12-11(17)13-5-2-8(14)3-6-13/h8-9,14H,2-7H2,1H3,(H,12,17)(H,15,16). The third-order valence-corrected chi connectivity index (χ3v) is 4.10. The predicted octanol–water partition coefficient (Wildman–Crippen LogP) is -0.959. The van der Waals surface area contributed by atoms with E-state index in [1.807, 2.05) is 0 Å². The minimum absolute atomic E-state index is 0.170. The van der Waals surface area contributed by atoms with Crippen molar-refractivity contribution < 1.29 is 28.2 Å². The molecule has 0 aliphatic carbocycles. The fraction of sp³-hybridized carbons (Fsp3) is 0.818. The monoisotopic (exact) mass is 308 g/mol. The maximum Gasteiger partial charge on any atom is 0.326 e. The number of piperidine rings is 1. The van der Waals surface area contributed by atoms with Gasteiger partial charge in [-0.15, -0.1) is 0 Å². The highest BCUT2D eigenvalue weighted by Crippen LogP contribution is 2.10. The molecule has 1 aliphatic heterocycles. The molecule has 3 N–H and O–H groups in total. The number of likely N-dealkylation sites (tertiary alicyclic amines) is 1. The average molecular weight is 308 g/mol. The van der Waals surface area contributed by atoms with Crippen molar-refractivity contribution in [1.82, 2.24) is 10.2 Å². The van der Waals surface area contributed by atoms with E-state index in [4.69, 9.17) is 5.11 Å². The Kier molecular flexibility index (Phi) is 5.75. The number of nitrogens with one attached hydrogen (secondary N) is 1. The van der Waals surface area contributed by atoms with Crippen LogP contribution >= 0.6 is 0 Å². The first-order chi connectivity index (χ1) is 9.19. The van der Waals surface area contributed by atoms with E-state index in [2.05, 4.69) is 5.32 Å². The first-order valence-electron chi connectivity index (χ1n) is 6.33. The number of carbonyl (C=O) groups excluding carboxylic acids is 1. The van der Waals surface area contributed by atoms with Crippen LogP contribution in [0.5, 0.6) is 0 Å². The normalized spacial score (nSPS) is 18.6. The summed E-state index contributed by atoms with van der Waals surface area (Å²) < 4.78 is 22.1. The second-order valence-electron chi connectivity index (χ2n) is 4.98. The second kappa shape index (κ2) is 6.89. The molecule has 1 heterocycles. The first-order valence-corrected chi connectivity index (χ1v) is 8.39. The van der Waals surface area contributed by atoms with Crippen LogP contribution in [0, 0.1) is 0 Å². The van der Waals surface area contributed by atoms with Crippen molar-refractivity contribution in [3.05, 3.63) is 0 Å². The van der Waals surface area contributed by atoms with Gasteiger partial charge < -0.3 is 20.4 Å². The summed E-state index contributed by atoms with van der Waals surface area (Å²) in [5, 5.41) is 20.6. The number of carboxylic acids is 1. The zero-order chi connectivity index (χ0) is 15.3. The molecular formula is C11H20N2O6S. The molecule has 9 heteroatoms. The predicted molar refractivity (Wildman–Crippen MR) is 71.1 cm³/mol. The summed E-state index contributed by atoms with van der Waals surface area (Å²) >= 11 is 0. The van der Waals surface area contributed by atoms with Crippen LogP contribution in [0.15, 0.2) is 0 Å². The number of amides is 2. The zero-order valence-electron chi connectivity index (χ0n) is 11.3. The Balaban J connectivity index is 2.52. The summed E-state index contributed by atoms with van der Waals surface area (Å²) in [6.07, 6.45) is 1.32. The van der Waals surface area contributed by atoms with Gasteiger partial charge in [0.15, 0.2) is 0 Å². The number of aliphatic hydroxyl groups excluding tert-OH is 1. The van der Waals surface area contributed by atoms with Crippen molar-refractivity contribution >= 4 is 21.8 Å². The number of aliphatic hydroxyl groups is 1. The molecule has 20 heavy (non-hydrogen) atoms. The minimum atomic E-state index is -3.28. The Hall–Kier alpha value is -1.35. The molecule has 1 saturated heterocycles. The van der Waals surface area contributed by atoms with Crippen LogP contribution in [0.1, 0.15) is 19.3 Å². The molecule has 1 fully saturated rings. The lowest BCUT2D eigenvalue weighted by Gasteiger charge is -2.30. The number of nitrogens with zero attached hydrogens (tertiary/aromatic N) is 1. The summed E-state index contributed by atoms with van der Waals surface area (Å²) in [7, 11) is -3.28. The van der Waals surface area contributed by atoms with Gasteiger partial charge in [0.2, 0.25) is 0 Å². The summed E-state index contributed by atoms with van der Waals surface area (Å²) in [6.45, 7) is 0.705. The number of hydrogen-bond donors (Lipinski definition) is 3. The molecule has 2 amide bonds. The Morgan fingerprint density at radius 2 is 1.90 bits per heavy atom. The quantitative estimate of drug-likeness (QED) is 0.601.